The highest BCUT2D eigenvalue weighted by Crippen LogP contribution is 2.41. The van der Waals surface area contributed by atoms with E-state index >= 15 is 0 Å². The van der Waals surface area contributed by atoms with Gasteiger partial charge in [-0.2, -0.15) is 0 Å². The van der Waals surface area contributed by atoms with Crippen LogP contribution < -0.4 is 5.32 Å². The summed E-state index contributed by atoms with van der Waals surface area (Å²) >= 11 is 0. The number of hydrogen-bond acceptors (Lipinski definition) is 2. The van der Waals surface area contributed by atoms with Crippen LogP contribution in [0.5, 0.6) is 0 Å². The van der Waals surface area contributed by atoms with Crippen molar-refractivity contribution in [2.45, 2.75) is 38.1 Å². The van der Waals surface area contributed by atoms with Crippen molar-refractivity contribution in [2.75, 3.05) is 6.54 Å². The molecule has 0 unspecified atom stereocenters. The SMILES string of the molecule is O=C(O)CCCNCc1ccccc1C1CC1. The molecule has 3 nitrogen and oxygen atoms in total. The Labute approximate surface area is 102 Å². The molecule has 0 radical (unpaired) electrons. The van der Waals surface area contributed by atoms with Gasteiger partial charge in [0.15, 0.2) is 0 Å². The molecule has 0 bridgehead atoms. The maximum Gasteiger partial charge on any atom is 0.303 e. The lowest BCUT2D eigenvalue weighted by molar-refractivity contribution is -0.137. The Morgan fingerprint density at radius 2 is 2.12 bits per heavy atom. The average molecular weight is 233 g/mol. The summed E-state index contributed by atoms with van der Waals surface area (Å²) in [7, 11) is 0. The summed E-state index contributed by atoms with van der Waals surface area (Å²) in [5.41, 5.74) is 2.84. The van der Waals surface area contributed by atoms with Crippen LogP contribution in [0.25, 0.3) is 0 Å². The van der Waals surface area contributed by atoms with Crippen LogP contribution in [0, 0.1) is 0 Å². The van der Waals surface area contributed by atoms with Crippen LogP contribution in [0.1, 0.15) is 42.7 Å². The summed E-state index contributed by atoms with van der Waals surface area (Å²) < 4.78 is 0. The molecule has 1 saturated carbocycles. The summed E-state index contributed by atoms with van der Waals surface area (Å²) in [5.74, 6) is 0.0530. The maximum absolute atomic E-state index is 10.4. The summed E-state index contributed by atoms with van der Waals surface area (Å²) in [6, 6.07) is 8.55. The molecule has 0 spiro atoms. The van der Waals surface area contributed by atoms with E-state index in [9.17, 15) is 4.79 Å². The molecule has 0 saturated heterocycles. The van der Waals surface area contributed by atoms with Gasteiger partial charge in [-0.3, -0.25) is 4.79 Å². The largest absolute Gasteiger partial charge is 0.481 e. The third-order valence-corrected chi connectivity index (χ3v) is 3.13. The fourth-order valence-corrected chi connectivity index (χ4v) is 2.08. The first-order valence-electron chi connectivity index (χ1n) is 6.27. The van der Waals surface area contributed by atoms with Gasteiger partial charge in [0.25, 0.3) is 0 Å². The van der Waals surface area contributed by atoms with E-state index in [1.54, 1.807) is 0 Å². The fourth-order valence-electron chi connectivity index (χ4n) is 2.08. The Hall–Kier alpha value is -1.35. The molecule has 1 aromatic rings. The second-order valence-corrected chi connectivity index (χ2v) is 4.65. The van der Waals surface area contributed by atoms with Gasteiger partial charge in [-0.25, -0.2) is 0 Å². The van der Waals surface area contributed by atoms with Crippen LogP contribution in [0.3, 0.4) is 0 Å². The van der Waals surface area contributed by atoms with E-state index in [0.717, 1.165) is 19.0 Å². The van der Waals surface area contributed by atoms with Crippen LogP contribution in [-0.4, -0.2) is 17.6 Å². The first kappa shape index (κ1) is 12.1. The van der Waals surface area contributed by atoms with Gasteiger partial charge >= 0.3 is 5.97 Å². The molecular formula is C14H19NO2. The van der Waals surface area contributed by atoms with Crippen molar-refractivity contribution < 1.29 is 9.90 Å². The lowest BCUT2D eigenvalue weighted by Crippen LogP contribution is -2.16. The Balaban J connectivity index is 1.76. The van der Waals surface area contributed by atoms with Crippen LogP contribution in [-0.2, 0) is 11.3 Å². The lowest BCUT2D eigenvalue weighted by atomic mass is 10.0. The molecule has 1 aromatic carbocycles. The predicted octanol–water partition coefficient (Wildman–Crippen LogP) is 2.52. The third kappa shape index (κ3) is 3.86. The van der Waals surface area contributed by atoms with E-state index in [0.29, 0.717) is 6.42 Å². The van der Waals surface area contributed by atoms with Gasteiger partial charge in [0, 0.05) is 13.0 Å². The molecule has 1 aliphatic carbocycles. The topological polar surface area (TPSA) is 49.3 Å². The van der Waals surface area contributed by atoms with E-state index in [2.05, 4.69) is 29.6 Å². The molecule has 0 aliphatic heterocycles. The first-order valence-corrected chi connectivity index (χ1v) is 6.27. The van der Waals surface area contributed by atoms with Crippen molar-refractivity contribution in [3.05, 3.63) is 35.4 Å². The van der Waals surface area contributed by atoms with Gasteiger partial charge in [-0.15, -0.1) is 0 Å². The van der Waals surface area contributed by atoms with Gasteiger partial charge in [0.05, 0.1) is 0 Å². The standard InChI is InChI=1S/C14H19NO2/c16-14(17)6-3-9-15-10-12-4-1-2-5-13(12)11-7-8-11/h1-2,4-5,11,15H,3,6-10H2,(H,16,17). The molecule has 1 aliphatic rings. The zero-order valence-corrected chi connectivity index (χ0v) is 9.98. The zero-order valence-electron chi connectivity index (χ0n) is 9.98. The Kier molecular flexibility index (Phi) is 4.15. The van der Waals surface area contributed by atoms with Gasteiger partial charge in [-0.1, -0.05) is 24.3 Å². The molecule has 0 heterocycles. The molecule has 17 heavy (non-hydrogen) atoms. The number of hydrogen-bond donors (Lipinski definition) is 2. The summed E-state index contributed by atoms with van der Waals surface area (Å²) in [4.78, 5) is 10.4. The molecule has 0 amide bonds. The number of benzene rings is 1. The molecule has 92 valence electrons. The van der Waals surface area contributed by atoms with Crippen molar-refractivity contribution in [3.63, 3.8) is 0 Å². The lowest BCUT2D eigenvalue weighted by Gasteiger charge is -2.09. The first-order chi connectivity index (χ1) is 8.27. The van der Waals surface area contributed by atoms with Crippen LogP contribution in [0.4, 0.5) is 0 Å². The highest BCUT2D eigenvalue weighted by molar-refractivity contribution is 5.66. The van der Waals surface area contributed by atoms with Gasteiger partial charge < -0.3 is 10.4 Å². The van der Waals surface area contributed by atoms with E-state index in [1.807, 2.05) is 0 Å². The van der Waals surface area contributed by atoms with Crippen LogP contribution in [0.2, 0.25) is 0 Å². The maximum atomic E-state index is 10.4. The highest BCUT2D eigenvalue weighted by atomic mass is 16.4. The number of rotatable bonds is 7. The van der Waals surface area contributed by atoms with Crippen molar-refractivity contribution >= 4 is 5.97 Å². The second-order valence-electron chi connectivity index (χ2n) is 4.65. The number of carboxylic acids is 1. The average Bonchev–Trinajstić information content (AvgIpc) is 3.13. The normalized spacial score (nSPS) is 14.8. The van der Waals surface area contributed by atoms with E-state index < -0.39 is 5.97 Å². The van der Waals surface area contributed by atoms with E-state index in [-0.39, 0.29) is 6.42 Å². The Bertz CT molecular complexity index is 386. The number of nitrogens with one attached hydrogen (secondary N) is 1. The molecule has 0 aromatic heterocycles. The minimum atomic E-state index is -0.717. The summed E-state index contributed by atoms with van der Waals surface area (Å²) in [6.45, 7) is 1.62. The highest BCUT2D eigenvalue weighted by Gasteiger charge is 2.25. The number of aliphatic carboxylic acids is 1. The molecule has 3 heteroatoms. The van der Waals surface area contributed by atoms with Crippen molar-refractivity contribution in [1.82, 2.24) is 5.32 Å². The van der Waals surface area contributed by atoms with Crippen molar-refractivity contribution in [2.24, 2.45) is 0 Å². The van der Waals surface area contributed by atoms with E-state index in [1.165, 1.54) is 24.0 Å². The van der Waals surface area contributed by atoms with Gasteiger partial charge in [0.1, 0.15) is 0 Å². The van der Waals surface area contributed by atoms with Gasteiger partial charge in [-0.05, 0) is 42.9 Å². The molecular weight excluding hydrogens is 214 g/mol. The minimum absolute atomic E-state index is 0.247. The third-order valence-electron chi connectivity index (χ3n) is 3.13. The molecule has 0 atom stereocenters. The van der Waals surface area contributed by atoms with Crippen molar-refractivity contribution in [1.29, 1.82) is 0 Å². The predicted molar refractivity (Wildman–Crippen MR) is 67.0 cm³/mol. The Morgan fingerprint density at radius 3 is 2.82 bits per heavy atom. The quantitative estimate of drug-likeness (QED) is 0.711. The Morgan fingerprint density at radius 1 is 1.35 bits per heavy atom. The molecule has 2 rings (SSSR count). The minimum Gasteiger partial charge on any atom is -0.481 e. The molecule has 1 fully saturated rings. The monoisotopic (exact) mass is 233 g/mol. The molecule has 2 N–H and O–H groups in total. The van der Waals surface area contributed by atoms with E-state index in [4.69, 9.17) is 5.11 Å². The fraction of sp³-hybridized carbons (Fsp3) is 0.500. The van der Waals surface area contributed by atoms with Crippen LogP contribution >= 0.6 is 0 Å². The smallest absolute Gasteiger partial charge is 0.303 e. The number of carbonyl (C=O) groups is 1. The van der Waals surface area contributed by atoms with Crippen LogP contribution in [0.15, 0.2) is 24.3 Å². The second kappa shape index (κ2) is 5.82. The summed E-state index contributed by atoms with van der Waals surface area (Å²) in [5, 5.41) is 11.8. The zero-order chi connectivity index (χ0) is 12.1. The van der Waals surface area contributed by atoms with Crippen molar-refractivity contribution in [3.8, 4) is 0 Å². The number of carboxylic acid groups (broad SMARTS) is 1. The summed E-state index contributed by atoms with van der Waals surface area (Å²) in [6.07, 6.45) is 3.57. The van der Waals surface area contributed by atoms with Gasteiger partial charge in [0.2, 0.25) is 0 Å².